The summed E-state index contributed by atoms with van der Waals surface area (Å²) in [4.78, 5) is 16.0. The highest BCUT2D eigenvalue weighted by atomic mass is 19.4. The molecule has 3 rings (SSSR count). The van der Waals surface area contributed by atoms with Gasteiger partial charge in [-0.25, -0.2) is 4.98 Å². The lowest BCUT2D eigenvalue weighted by Crippen LogP contribution is -2.23. The van der Waals surface area contributed by atoms with Gasteiger partial charge in [-0.15, -0.1) is 0 Å². The number of pyridine rings is 1. The minimum absolute atomic E-state index is 0.000306. The van der Waals surface area contributed by atoms with Crippen LogP contribution in [-0.2, 0) is 12.7 Å². The first-order valence-electron chi connectivity index (χ1n) is 7.50. The highest BCUT2D eigenvalue weighted by Gasteiger charge is 2.30. The Morgan fingerprint density at radius 3 is 2.73 bits per heavy atom. The average molecular weight is 362 g/mol. The molecule has 0 bridgehead atoms. The second kappa shape index (κ2) is 7.26. The highest BCUT2D eigenvalue weighted by Crippen LogP contribution is 2.32. The minimum atomic E-state index is -4.47. The molecule has 1 aromatic carbocycles. The summed E-state index contributed by atoms with van der Waals surface area (Å²) in [6.45, 7) is 0.0833. The summed E-state index contributed by atoms with van der Waals surface area (Å²) < 4.78 is 43.9. The van der Waals surface area contributed by atoms with Gasteiger partial charge in [-0.1, -0.05) is 12.1 Å². The van der Waals surface area contributed by atoms with Crippen LogP contribution in [0.4, 0.5) is 13.2 Å². The number of carbonyl (C=O) groups excluding carboxylic acids is 1. The van der Waals surface area contributed by atoms with Gasteiger partial charge in [-0.3, -0.25) is 9.89 Å². The number of hydrogen-bond donors (Lipinski definition) is 2. The van der Waals surface area contributed by atoms with Crippen LogP contribution in [0, 0.1) is 0 Å². The molecule has 0 saturated heterocycles. The van der Waals surface area contributed by atoms with E-state index in [0.29, 0.717) is 5.56 Å². The number of alkyl halides is 3. The zero-order valence-corrected chi connectivity index (χ0v) is 13.2. The molecule has 0 radical (unpaired) electrons. The van der Waals surface area contributed by atoms with Crippen molar-refractivity contribution in [3.05, 3.63) is 71.7 Å². The van der Waals surface area contributed by atoms with E-state index in [9.17, 15) is 18.0 Å². The van der Waals surface area contributed by atoms with E-state index in [4.69, 9.17) is 4.74 Å². The number of ether oxygens (including phenoxy) is 1. The Bertz CT molecular complexity index is 895. The molecule has 0 aliphatic heterocycles. The number of halogens is 3. The van der Waals surface area contributed by atoms with E-state index in [1.54, 1.807) is 12.1 Å². The molecule has 6 nitrogen and oxygen atoms in total. The minimum Gasteiger partial charge on any atom is -0.439 e. The number of benzene rings is 1. The van der Waals surface area contributed by atoms with Gasteiger partial charge in [0.05, 0.1) is 5.56 Å². The van der Waals surface area contributed by atoms with Gasteiger partial charge in [-0.2, -0.15) is 18.3 Å². The molecule has 2 heterocycles. The summed E-state index contributed by atoms with van der Waals surface area (Å²) >= 11 is 0. The molecule has 1 amide bonds. The molecule has 2 aromatic heterocycles. The van der Waals surface area contributed by atoms with Gasteiger partial charge in [-0.05, 0) is 30.3 Å². The van der Waals surface area contributed by atoms with Crippen molar-refractivity contribution in [3.63, 3.8) is 0 Å². The normalized spacial score (nSPS) is 11.2. The molecule has 9 heteroatoms. The van der Waals surface area contributed by atoms with Gasteiger partial charge in [0.25, 0.3) is 5.91 Å². The quantitative estimate of drug-likeness (QED) is 0.728. The first-order valence-corrected chi connectivity index (χ1v) is 7.50. The number of H-pyrrole nitrogens is 1. The fraction of sp³-hybridized carbons (Fsp3) is 0.118. The fourth-order valence-electron chi connectivity index (χ4n) is 2.15. The smallest absolute Gasteiger partial charge is 0.416 e. The van der Waals surface area contributed by atoms with Crippen molar-refractivity contribution >= 4 is 5.91 Å². The lowest BCUT2D eigenvalue weighted by atomic mass is 10.2. The van der Waals surface area contributed by atoms with Gasteiger partial charge < -0.3 is 10.1 Å². The first kappa shape index (κ1) is 17.5. The van der Waals surface area contributed by atoms with Crippen molar-refractivity contribution in [3.8, 4) is 11.6 Å². The lowest BCUT2D eigenvalue weighted by molar-refractivity contribution is -0.137. The lowest BCUT2D eigenvalue weighted by Gasteiger charge is -2.12. The van der Waals surface area contributed by atoms with E-state index >= 15 is 0 Å². The molecule has 0 atom stereocenters. The third-order valence-corrected chi connectivity index (χ3v) is 3.41. The maximum absolute atomic E-state index is 12.8. The predicted molar refractivity (Wildman–Crippen MR) is 85.5 cm³/mol. The molecule has 0 saturated carbocycles. The number of carbonyl (C=O) groups is 1. The molecule has 134 valence electrons. The fourth-order valence-corrected chi connectivity index (χ4v) is 2.15. The van der Waals surface area contributed by atoms with Crippen LogP contribution in [0.5, 0.6) is 11.6 Å². The second-order valence-electron chi connectivity index (χ2n) is 5.25. The van der Waals surface area contributed by atoms with Crippen LogP contribution in [-0.4, -0.2) is 21.1 Å². The van der Waals surface area contributed by atoms with E-state index in [2.05, 4.69) is 20.5 Å². The van der Waals surface area contributed by atoms with Crippen LogP contribution in [0.25, 0.3) is 0 Å². The third kappa shape index (κ3) is 4.18. The van der Waals surface area contributed by atoms with Crippen molar-refractivity contribution in [1.29, 1.82) is 0 Å². The monoisotopic (exact) mass is 362 g/mol. The van der Waals surface area contributed by atoms with Crippen LogP contribution >= 0.6 is 0 Å². The van der Waals surface area contributed by atoms with E-state index in [1.165, 1.54) is 30.6 Å². The number of aromatic nitrogens is 3. The second-order valence-corrected chi connectivity index (χ2v) is 5.25. The zero-order valence-electron chi connectivity index (χ0n) is 13.2. The van der Waals surface area contributed by atoms with E-state index < -0.39 is 11.7 Å². The molecule has 2 N–H and O–H groups in total. The Balaban J connectivity index is 1.74. The first-order chi connectivity index (χ1) is 12.4. The maximum Gasteiger partial charge on any atom is 0.416 e. The SMILES string of the molecule is O=C(NCc1cccnc1Oc1cccc(C(F)(F)F)c1)c1ccn[nH]1. The van der Waals surface area contributed by atoms with Crippen molar-refractivity contribution < 1.29 is 22.7 Å². The molecule has 0 aliphatic rings. The Kier molecular flexibility index (Phi) is 4.87. The molecule has 0 fully saturated rings. The van der Waals surface area contributed by atoms with E-state index in [-0.39, 0.29) is 29.8 Å². The number of nitrogens with one attached hydrogen (secondary N) is 2. The van der Waals surface area contributed by atoms with E-state index in [1.807, 2.05) is 0 Å². The summed E-state index contributed by atoms with van der Waals surface area (Å²) in [6, 6.07) is 9.30. The van der Waals surface area contributed by atoms with Gasteiger partial charge in [0.2, 0.25) is 5.88 Å². The molecule has 0 spiro atoms. The van der Waals surface area contributed by atoms with Crippen LogP contribution in [0.3, 0.4) is 0 Å². The van der Waals surface area contributed by atoms with Gasteiger partial charge >= 0.3 is 6.18 Å². The largest absolute Gasteiger partial charge is 0.439 e. The Morgan fingerprint density at radius 2 is 2.00 bits per heavy atom. The van der Waals surface area contributed by atoms with Crippen LogP contribution in [0.1, 0.15) is 21.6 Å². The highest BCUT2D eigenvalue weighted by molar-refractivity contribution is 5.92. The van der Waals surface area contributed by atoms with Crippen molar-refractivity contribution in [2.45, 2.75) is 12.7 Å². The van der Waals surface area contributed by atoms with Crippen LogP contribution < -0.4 is 10.1 Å². The standard InChI is InChI=1S/C17H13F3N4O2/c18-17(19,20)12-4-1-5-13(9-12)26-16-11(3-2-7-21-16)10-22-15(25)14-6-8-23-24-14/h1-9H,10H2,(H,22,25)(H,23,24). The maximum atomic E-state index is 12.8. The molecule has 0 aliphatic carbocycles. The Hall–Kier alpha value is -3.36. The van der Waals surface area contributed by atoms with Gasteiger partial charge in [0.1, 0.15) is 11.4 Å². The van der Waals surface area contributed by atoms with Crippen LogP contribution in [0.2, 0.25) is 0 Å². The Labute approximate surface area is 146 Å². The van der Waals surface area contributed by atoms with Crippen molar-refractivity contribution in [2.75, 3.05) is 0 Å². The zero-order chi connectivity index (χ0) is 18.6. The van der Waals surface area contributed by atoms with Crippen molar-refractivity contribution in [2.24, 2.45) is 0 Å². The summed E-state index contributed by atoms with van der Waals surface area (Å²) in [7, 11) is 0. The Morgan fingerprint density at radius 1 is 1.15 bits per heavy atom. The van der Waals surface area contributed by atoms with Crippen molar-refractivity contribution in [1.82, 2.24) is 20.5 Å². The van der Waals surface area contributed by atoms with E-state index in [0.717, 1.165) is 12.1 Å². The average Bonchev–Trinajstić information content (AvgIpc) is 3.15. The molecule has 26 heavy (non-hydrogen) atoms. The summed E-state index contributed by atoms with van der Waals surface area (Å²) in [6.07, 6.45) is -1.57. The van der Waals surface area contributed by atoms with Gasteiger partial charge in [0.15, 0.2) is 0 Å². The van der Waals surface area contributed by atoms with Crippen LogP contribution in [0.15, 0.2) is 54.9 Å². The number of amides is 1. The number of rotatable bonds is 5. The summed E-state index contributed by atoms with van der Waals surface area (Å²) in [5, 5.41) is 8.87. The number of aromatic amines is 1. The third-order valence-electron chi connectivity index (χ3n) is 3.41. The molecule has 0 unspecified atom stereocenters. The number of hydrogen-bond acceptors (Lipinski definition) is 4. The summed E-state index contributed by atoms with van der Waals surface area (Å²) in [5.41, 5.74) is -0.0213. The molecule has 3 aromatic rings. The van der Waals surface area contributed by atoms with Gasteiger partial charge in [0, 0.05) is 24.5 Å². The number of nitrogens with zero attached hydrogens (tertiary/aromatic N) is 2. The topological polar surface area (TPSA) is 79.9 Å². The molecular weight excluding hydrogens is 349 g/mol. The molecular formula is C17H13F3N4O2. The predicted octanol–water partition coefficient (Wildman–Crippen LogP) is 3.55. The summed E-state index contributed by atoms with van der Waals surface area (Å²) in [5.74, 6) is -0.271.